The number of hydrogen-bond acceptors (Lipinski definition) is 2. The monoisotopic (exact) mass is 253 g/mol. The van der Waals surface area contributed by atoms with Crippen molar-refractivity contribution in [3.8, 4) is 5.75 Å². The van der Waals surface area contributed by atoms with Crippen molar-refractivity contribution < 1.29 is 17.9 Å². The minimum Gasteiger partial charge on any atom is -0.495 e. The summed E-state index contributed by atoms with van der Waals surface area (Å²) in [5.41, 5.74) is 0.312. The number of halogens is 4. The zero-order valence-electron chi connectivity index (χ0n) is 8.81. The summed E-state index contributed by atoms with van der Waals surface area (Å²) >= 11 is 5.73. The quantitative estimate of drug-likeness (QED) is 0.819. The molecular formula is C10H11ClF3NO. The smallest absolute Gasteiger partial charge is 0.405 e. The molecule has 0 fully saturated rings. The van der Waals surface area contributed by atoms with Gasteiger partial charge in [0, 0.05) is 12.1 Å². The van der Waals surface area contributed by atoms with Crippen LogP contribution in [0.15, 0.2) is 18.2 Å². The Morgan fingerprint density at radius 1 is 1.38 bits per heavy atom. The zero-order valence-corrected chi connectivity index (χ0v) is 9.56. The summed E-state index contributed by atoms with van der Waals surface area (Å²) in [6.45, 7) is -1.05. The molecule has 0 spiro atoms. The Bertz CT molecular complexity index is 368. The maximum Gasteiger partial charge on any atom is 0.405 e. The molecule has 90 valence electrons. The first kappa shape index (κ1) is 13.0. The Kier molecular flexibility index (Phi) is 3.91. The van der Waals surface area contributed by atoms with E-state index in [4.69, 9.17) is 16.3 Å². The van der Waals surface area contributed by atoms with Crippen LogP contribution in [0.25, 0.3) is 0 Å². The Morgan fingerprint density at radius 2 is 2.00 bits per heavy atom. The first-order valence-corrected chi connectivity index (χ1v) is 4.82. The van der Waals surface area contributed by atoms with Crippen LogP contribution < -0.4 is 9.64 Å². The average Bonchev–Trinajstić information content (AvgIpc) is 2.15. The van der Waals surface area contributed by atoms with Gasteiger partial charge in [-0.3, -0.25) is 0 Å². The Labute approximate surface area is 96.6 Å². The van der Waals surface area contributed by atoms with Crippen LogP contribution in [0.4, 0.5) is 18.9 Å². The number of nitrogens with zero attached hydrogens (tertiary/aromatic N) is 1. The van der Waals surface area contributed by atoms with Gasteiger partial charge < -0.3 is 9.64 Å². The molecule has 2 nitrogen and oxygen atoms in total. The number of benzene rings is 1. The van der Waals surface area contributed by atoms with Crippen molar-refractivity contribution in [3.63, 3.8) is 0 Å². The predicted octanol–water partition coefficient (Wildman–Crippen LogP) is 3.35. The summed E-state index contributed by atoms with van der Waals surface area (Å²) in [7, 11) is 2.73. The zero-order chi connectivity index (χ0) is 12.3. The lowest BCUT2D eigenvalue weighted by Crippen LogP contribution is -2.31. The van der Waals surface area contributed by atoms with Gasteiger partial charge in [-0.15, -0.1) is 0 Å². The van der Waals surface area contributed by atoms with Crippen molar-refractivity contribution in [2.45, 2.75) is 6.18 Å². The summed E-state index contributed by atoms with van der Waals surface area (Å²) in [6, 6.07) is 4.53. The molecule has 0 unspecified atom stereocenters. The van der Waals surface area contributed by atoms with Crippen LogP contribution in [0, 0.1) is 0 Å². The largest absolute Gasteiger partial charge is 0.495 e. The maximum atomic E-state index is 12.2. The molecule has 0 aliphatic heterocycles. The van der Waals surface area contributed by atoms with Gasteiger partial charge in [-0.2, -0.15) is 13.2 Å². The van der Waals surface area contributed by atoms with Crippen molar-refractivity contribution in [2.24, 2.45) is 0 Å². The third kappa shape index (κ3) is 3.48. The third-order valence-corrected chi connectivity index (χ3v) is 2.20. The van der Waals surface area contributed by atoms with Gasteiger partial charge >= 0.3 is 6.18 Å². The summed E-state index contributed by atoms with van der Waals surface area (Å²) < 4.78 is 41.6. The predicted molar refractivity (Wildman–Crippen MR) is 57.3 cm³/mol. The first-order valence-electron chi connectivity index (χ1n) is 4.45. The van der Waals surface area contributed by atoms with E-state index in [1.807, 2.05) is 0 Å². The van der Waals surface area contributed by atoms with Crippen LogP contribution in [-0.2, 0) is 0 Å². The van der Waals surface area contributed by atoms with E-state index in [1.165, 1.54) is 26.3 Å². The SMILES string of the molecule is COc1ccc(Cl)cc1N(C)CC(F)(F)F. The highest BCUT2D eigenvalue weighted by atomic mass is 35.5. The number of ether oxygens (including phenoxy) is 1. The lowest BCUT2D eigenvalue weighted by Gasteiger charge is -2.23. The average molecular weight is 254 g/mol. The minimum atomic E-state index is -4.26. The van der Waals surface area contributed by atoms with Crippen LogP contribution in [0.3, 0.4) is 0 Å². The number of rotatable bonds is 3. The van der Waals surface area contributed by atoms with Crippen molar-refractivity contribution in [2.75, 3.05) is 25.6 Å². The van der Waals surface area contributed by atoms with E-state index in [2.05, 4.69) is 0 Å². The standard InChI is InChI=1S/C10H11ClF3NO/c1-15(6-10(12,13)14)8-5-7(11)3-4-9(8)16-2/h3-5H,6H2,1-2H3. The van der Waals surface area contributed by atoms with Crippen LogP contribution in [-0.4, -0.2) is 26.9 Å². The maximum absolute atomic E-state index is 12.2. The first-order chi connectivity index (χ1) is 7.33. The Morgan fingerprint density at radius 3 is 2.50 bits per heavy atom. The highest BCUT2D eigenvalue weighted by Gasteiger charge is 2.30. The van der Waals surface area contributed by atoms with Gasteiger partial charge in [-0.25, -0.2) is 0 Å². The molecule has 6 heteroatoms. The molecule has 16 heavy (non-hydrogen) atoms. The molecule has 0 aliphatic rings. The third-order valence-electron chi connectivity index (χ3n) is 1.97. The molecule has 0 amide bonds. The number of alkyl halides is 3. The molecular weight excluding hydrogens is 243 g/mol. The normalized spacial score (nSPS) is 11.4. The van der Waals surface area contributed by atoms with Crippen LogP contribution in [0.2, 0.25) is 5.02 Å². The fraction of sp³-hybridized carbons (Fsp3) is 0.400. The summed E-state index contributed by atoms with van der Waals surface area (Å²) in [5.74, 6) is 0.358. The summed E-state index contributed by atoms with van der Waals surface area (Å²) in [4.78, 5) is 1.05. The Balaban J connectivity index is 2.97. The highest BCUT2D eigenvalue weighted by molar-refractivity contribution is 6.30. The van der Waals surface area contributed by atoms with E-state index in [0.717, 1.165) is 4.90 Å². The fourth-order valence-electron chi connectivity index (χ4n) is 1.32. The second-order valence-corrected chi connectivity index (χ2v) is 3.72. The molecule has 0 saturated carbocycles. The Hall–Kier alpha value is -1.10. The molecule has 0 N–H and O–H groups in total. The number of methoxy groups -OCH3 is 1. The molecule has 0 heterocycles. The number of hydrogen-bond donors (Lipinski definition) is 0. The molecule has 0 atom stereocenters. The molecule has 1 rings (SSSR count). The second-order valence-electron chi connectivity index (χ2n) is 3.29. The van der Waals surface area contributed by atoms with E-state index in [-0.39, 0.29) is 0 Å². The van der Waals surface area contributed by atoms with Gasteiger partial charge in [0.05, 0.1) is 12.8 Å². The van der Waals surface area contributed by atoms with Crippen LogP contribution in [0.1, 0.15) is 0 Å². The topological polar surface area (TPSA) is 12.5 Å². The lowest BCUT2D eigenvalue weighted by atomic mass is 10.2. The highest BCUT2D eigenvalue weighted by Crippen LogP contribution is 2.32. The minimum absolute atomic E-state index is 0.312. The molecule has 1 aromatic rings. The molecule has 0 aliphatic carbocycles. The van der Waals surface area contributed by atoms with Gasteiger partial charge in [0.1, 0.15) is 12.3 Å². The van der Waals surface area contributed by atoms with E-state index >= 15 is 0 Å². The number of anilines is 1. The molecule has 0 aromatic heterocycles. The second kappa shape index (κ2) is 4.82. The van der Waals surface area contributed by atoms with E-state index in [0.29, 0.717) is 16.5 Å². The molecule has 0 radical (unpaired) electrons. The summed E-state index contributed by atoms with van der Waals surface area (Å²) in [5, 5.41) is 0.366. The van der Waals surface area contributed by atoms with Crippen molar-refractivity contribution in [1.82, 2.24) is 0 Å². The van der Waals surface area contributed by atoms with Gasteiger partial charge in [-0.05, 0) is 18.2 Å². The van der Waals surface area contributed by atoms with Gasteiger partial charge in [0.2, 0.25) is 0 Å². The van der Waals surface area contributed by atoms with Crippen LogP contribution >= 0.6 is 11.6 Å². The van der Waals surface area contributed by atoms with E-state index in [1.54, 1.807) is 6.07 Å². The van der Waals surface area contributed by atoms with Crippen molar-refractivity contribution in [3.05, 3.63) is 23.2 Å². The van der Waals surface area contributed by atoms with Crippen LogP contribution in [0.5, 0.6) is 5.75 Å². The molecule has 0 saturated heterocycles. The molecule has 1 aromatic carbocycles. The van der Waals surface area contributed by atoms with Crippen molar-refractivity contribution >= 4 is 17.3 Å². The van der Waals surface area contributed by atoms with Gasteiger partial charge in [-0.1, -0.05) is 11.6 Å². The molecule has 0 bridgehead atoms. The fourth-order valence-corrected chi connectivity index (χ4v) is 1.48. The summed E-state index contributed by atoms with van der Waals surface area (Å²) in [6.07, 6.45) is -4.26. The van der Waals surface area contributed by atoms with E-state index in [9.17, 15) is 13.2 Å². The van der Waals surface area contributed by atoms with E-state index < -0.39 is 12.7 Å². The lowest BCUT2D eigenvalue weighted by molar-refractivity contribution is -0.119. The van der Waals surface area contributed by atoms with Gasteiger partial charge in [0.25, 0.3) is 0 Å². The van der Waals surface area contributed by atoms with Gasteiger partial charge in [0.15, 0.2) is 0 Å². The van der Waals surface area contributed by atoms with Crippen molar-refractivity contribution in [1.29, 1.82) is 0 Å².